The summed E-state index contributed by atoms with van der Waals surface area (Å²) in [7, 11) is -3.20. The quantitative estimate of drug-likeness (QED) is 0.747. The molecule has 0 aromatic heterocycles. The molecule has 0 aromatic carbocycles. The van der Waals surface area contributed by atoms with E-state index < -0.39 is 15.3 Å². The first-order valence-corrected chi connectivity index (χ1v) is 9.83. The van der Waals surface area contributed by atoms with E-state index in [0.29, 0.717) is 5.92 Å². The van der Waals surface area contributed by atoms with Crippen molar-refractivity contribution < 1.29 is 17.9 Å². The maximum atomic E-state index is 11.9. The van der Waals surface area contributed by atoms with Crippen LogP contribution in [0.5, 0.6) is 0 Å². The second kappa shape index (κ2) is 6.75. The van der Waals surface area contributed by atoms with Crippen LogP contribution in [0.4, 0.5) is 0 Å². The lowest BCUT2D eigenvalue weighted by atomic mass is 9.84. The molecule has 0 aromatic rings. The van der Waals surface area contributed by atoms with Gasteiger partial charge in [-0.1, -0.05) is 32.6 Å². The highest BCUT2D eigenvalue weighted by atomic mass is 32.2. The Kier molecular flexibility index (Phi) is 5.49. The summed E-state index contributed by atoms with van der Waals surface area (Å²) in [5, 5.41) is 0. The summed E-state index contributed by atoms with van der Waals surface area (Å²) in [4.78, 5) is 0. The molecule has 2 fully saturated rings. The van der Waals surface area contributed by atoms with Crippen LogP contribution in [-0.4, -0.2) is 32.5 Å². The first kappa shape index (κ1) is 16.2. The van der Waals surface area contributed by atoms with Gasteiger partial charge in [-0.25, -0.2) is 8.42 Å². The van der Waals surface area contributed by atoms with Crippen LogP contribution in [0.2, 0.25) is 0 Å². The van der Waals surface area contributed by atoms with Crippen LogP contribution in [0.1, 0.15) is 58.8 Å². The predicted molar refractivity (Wildman–Crippen MR) is 79.0 cm³/mol. The lowest BCUT2D eigenvalue weighted by Crippen LogP contribution is -2.45. The van der Waals surface area contributed by atoms with Gasteiger partial charge in [0.25, 0.3) is 0 Å². The van der Waals surface area contributed by atoms with Gasteiger partial charge in [0, 0.05) is 12.7 Å². The molecular formula is C15H28O4S. The molecule has 2 saturated heterocycles. The Bertz CT molecular complexity index is 406. The summed E-state index contributed by atoms with van der Waals surface area (Å²) >= 11 is 0. The standard InChI is InChI=1S/C15H28O4S/c1-11-8-6-4-5-7-9-13-10-14(18-11)19-15(12(13)2)20(3,16)17/h11-15H,4-10H2,1-3H3/t11?,12?,13?,14?,15-/m0/s1. The molecule has 4 unspecified atom stereocenters. The van der Waals surface area contributed by atoms with Gasteiger partial charge >= 0.3 is 0 Å². The molecule has 2 bridgehead atoms. The Hall–Kier alpha value is -0.130. The summed E-state index contributed by atoms with van der Waals surface area (Å²) < 4.78 is 35.6. The molecule has 20 heavy (non-hydrogen) atoms. The second-order valence-electron chi connectivity index (χ2n) is 6.56. The largest absolute Gasteiger partial charge is 0.350 e. The molecule has 2 aliphatic heterocycles. The third-order valence-corrected chi connectivity index (χ3v) is 6.08. The van der Waals surface area contributed by atoms with E-state index in [1.165, 1.54) is 31.9 Å². The van der Waals surface area contributed by atoms with Crippen LogP contribution in [0.15, 0.2) is 0 Å². The van der Waals surface area contributed by atoms with E-state index in [9.17, 15) is 8.42 Å². The molecular weight excluding hydrogens is 276 g/mol. The molecule has 0 N–H and O–H groups in total. The summed E-state index contributed by atoms with van der Waals surface area (Å²) in [5.74, 6) is 0.444. The minimum atomic E-state index is -3.20. The zero-order valence-electron chi connectivity index (χ0n) is 12.9. The first-order chi connectivity index (χ1) is 9.38. The van der Waals surface area contributed by atoms with Crippen molar-refractivity contribution in [2.45, 2.75) is 76.6 Å². The number of hydrogen-bond acceptors (Lipinski definition) is 4. The van der Waals surface area contributed by atoms with Gasteiger partial charge in [0.15, 0.2) is 21.6 Å². The molecule has 2 rings (SSSR count). The van der Waals surface area contributed by atoms with Gasteiger partial charge in [0.1, 0.15) is 0 Å². The number of rotatable bonds is 1. The fourth-order valence-corrected chi connectivity index (χ4v) is 4.82. The summed E-state index contributed by atoms with van der Waals surface area (Å²) in [6.45, 7) is 4.07. The van der Waals surface area contributed by atoms with Crippen LogP contribution in [-0.2, 0) is 19.3 Å². The summed E-state index contributed by atoms with van der Waals surface area (Å²) in [6, 6.07) is 0. The van der Waals surface area contributed by atoms with Crippen molar-refractivity contribution in [3.05, 3.63) is 0 Å². The minimum absolute atomic E-state index is 0.0564. The molecule has 118 valence electrons. The Balaban J connectivity index is 2.15. The molecule has 5 atom stereocenters. The Morgan fingerprint density at radius 1 is 0.950 bits per heavy atom. The van der Waals surface area contributed by atoms with Gasteiger partial charge in [-0.3, -0.25) is 0 Å². The lowest BCUT2D eigenvalue weighted by molar-refractivity contribution is -0.219. The van der Waals surface area contributed by atoms with Crippen molar-refractivity contribution in [1.82, 2.24) is 0 Å². The number of ether oxygens (including phenoxy) is 2. The van der Waals surface area contributed by atoms with E-state index in [1.807, 2.05) is 6.92 Å². The van der Waals surface area contributed by atoms with Crippen molar-refractivity contribution in [2.24, 2.45) is 11.8 Å². The topological polar surface area (TPSA) is 52.6 Å². The van der Waals surface area contributed by atoms with E-state index in [2.05, 4.69) is 6.92 Å². The third kappa shape index (κ3) is 4.18. The van der Waals surface area contributed by atoms with Crippen molar-refractivity contribution >= 4 is 9.84 Å². The van der Waals surface area contributed by atoms with Crippen molar-refractivity contribution in [1.29, 1.82) is 0 Å². The van der Waals surface area contributed by atoms with Gasteiger partial charge in [-0.15, -0.1) is 0 Å². The highest BCUT2D eigenvalue weighted by Crippen LogP contribution is 2.37. The molecule has 0 amide bonds. The summed E-state index contributed by atoms with van der Waals surface area (Å²) in [5.41, 5.74) is -0.709. The SMILES string of the molecule is CC1CCCCCCC2CC(O1)O[C@@H](S(C)(=O)=O)C2C. The van der Waals surface area contributed by atoms with Gasteiger partial charge in [0.05, 0.1) is 6.10 Å². The van der Waals surface area contributed by atoms with Crippen molar-refractivity contribution in [2.75, 3.05) is 6.26 Å². The molecule has 0 aliphatic carbocycles. The molecule has 5 heteroatoms. The second-order valence-corrected chi connectivity index (χ2v) is 8.68. The minimum Gasteiger partial charge on any atom is -0.350 e. The highest BCUT2D eigenvalue weighted by molar-refractivity contribution is 7.91. The van der Waals surface area contributed by atoms with E-state index in [0.717, 1.165) is 19.3 Å². The molecule has 2 aliphatic rings. The molecule has 0 saturated carbocycles. The van der Waals surface area contributed by atoms with Crippen LogP contribution < -0.4 is 0 Å². The molecule has 0 spiro atoms. The van der Waals surface area contributed by atoms with E-state index in [1.54, 1.807) is 0 Å². The van der Waals surface area contributed by atoms with Crippen molar-refractivity contribution in [3.8, 4) is 0 Å². The predicted octanol–water partition coefficient (Wildman–Crippen LogP) is 3.12. The monoisotopic (exact) mass is 304 g/mol. The molecule has 4 nitrogen and oxygen atoms in total. The number of hydrogen-bond donors (Lipinski definition) is 0. The van der Waals surface area contributed by atoms with Gasteiger partial charge in [-0.2, -0.15) is 0 Å². The van der Waals surface area contributed by atoms with E-state index in [4.69, 9.17) is 9.47 Å². The zero-order valence-corrected chi connectivity index (χ0v) is 13.7. The Labute approximate surface area is 123 Å². The fourth-order valence-electron chi connectivity index (χ4n) is 3.49. The maximum Gasteiger partial charge on any atom is 0.174 e. The highest BCUT2D eigenvalue weighted by Gasteiger charge is 2.41. The van der Waals surface area contributed by atoms with Crippen LogP contribution in [0.3, 0.4) is 0 Å². The number of fused-ring (bicyclic) bond motifs is 2. The fraction of sp³-hybridized carbons (Fsp3) is 1.00. The van der Waals surface area contributed by atoms with Gasteiger partial charge in [-0.05, 0) is 31.6 Å². The normalized spacial score (nSPS) is 40.9. The lowest BCUT2D eigenvalue weighted by Gasteiger charge is -2.40. The van der Waals surface area contributed by atoms with E-state index in [-0.39, 0.29) is 18.3 Å². The Morgan fingerprint density at radius 3 is 2.25 bits per heavy atom. The Morgan fingerprint density at radius 2 is 1.60 bits per heavy atom. The van der Waals surface area contributed by atoms with Gasteiger partial charge < -0.3 is 9.47 Å². The maximum absolute atomic E-state index is 11.9. The van der Waals surface area contributed by atoms with E-state index >= 15 is 0 Å². The van der Waals surface area contributed by atoms with Crippen molar-refractivity contribution in [3.63, 3.8) is 0 Å². The third-order valence-electron chi connectivity index (χ3n) is 4.70. The van der Waals surface area contributed by atoms with Crippen LogP contribution >= 0.6 is 0 Å². The smallest absolute Gasteiger partial charge is 0.174 e. The first-order valence-electron chi connectivity index (χ1n) is 7.87. The van der Waals surface area contributed by atoms with Crippen LogP contribution in [0, 0.1) is 11.8 Å². The molecule has 2 heterocycles. The molecule has 0 radical (unpaired) electrons. The number of sulfone groups is 1. The zero-order chi connectivity index (χ0) is 14.8. The van der Waals surface area contributed by atoms with Crippen LogP contribution in [0.25, 0.3) is 0 Å². The average molecular weight is 304 g/mol. The van der Waals surface area contributed by atoms with Gasteiger partial charge in [0.2, 0.25) is 0 Å². The average Bonchev–Trinajstić information content (AvgIpc) is 2.37. The summed E-state index contributed by atoms with van der Waals surface area (Å²) in [6.07, 6.45) is 8.87.